The highest BCUT2D eigenvalue weighted by molar-refractivity contribution is 6.33. The van der Waals surface area contributed by atoms with E-state index in [9.17, 15) is 4.79 Å². The standard InChI is InChI=1S/C14H16ClNO3/c1-10-9-16(6-7-19-10)13-4-2-11(8-12(13)15)3-5-14(17)18/h2-5,8,10H,6-7,9H2,1H3,(H,17,18)/b5-3+. The van der Waals surface area contributed by atoms with E-state index in [0.717, 1.165) is 30.4 Å². The molecule has 1 unspecified atom stereocenters. The summed E-state index contributed by atoms with van der Waals surface area (Å²) in [5.41, 5.74) is 1.74. The summed E-state index contributed by atoms with van der Waals surface area (Å²) in [6, 6.07) is 5.55. The Bertz CT molecular complexity index is 501. The molecule has 1 heterocycles. The third-order valence-corrected chi connectivity index (χ3v) is 3.27. The van der Waals surface area contributed by atoms with Gasteiger partial charge in [-0.25, -0.2) is 4.79 Å². The summed E-state index contributed by atoms with van der Waals surface area (Å²) in [6.45, 7) is 4.35. The molecule has 0 radical (unpaired) electrons. The quantitative estimate of drug-likeness (QED) is 0.866. The van der Waals surface area contributed by atoms with Gasteiger partial charge in [-0.1, -0.05) is 17.7 Å². The summed E-state index contributed by atoms with van der Waals surface area (Å²) in [6.07, 6.45) is 2.82. The van der Waals surface area contributed by atoms with Crippen molar-refractivity contribution in [3.05, 3.63) is 34.9 Å². The number of rotatable bonds is 3. The molecule has 1 fully saturated rings. The van der Waals surface area contributed by atoms with Crippen LogP contribution in [0.5, 0.6) is 0 Å². The van der Waals surface area contributed by atoms with Crippen molar-refractivity contribution >= 4 is 29.3 Å². The lowest BCUT2D eigenvalue weighted by atomic mass is 10.1. The summed E-state index contributed by atoms with van der Waals surface area (Å²) >= 11 is 6.26. The van der Waals surface area contributed by atoms with Crippen molar-refractivity contribution in [2.24, 2.45) is 0 Å². The van der Waals surface area contributed by atoms with Crippen LogP contribution in [0.3, 0.4) is 0 Å². The molecule has 1 N–H and O–H groups in total. The van der Waals surface area contributed by atoms with Crippen LogP contribution >= 0.6 is 11.6 Å². The first-order chi connectivity index (χ1) is 9.06. The number of carboxylic acid groups (broad SMARTS) is 1. The van der Waals surface area contributed by atoms with Gasteiger partial charge in [-0.2, -0.15) is 0 Å². The number of benzene rings is 1. The zero-order valence-corrected chi connectivity index (χ0v) is 11.4. The van der Waals surface area contributed by atoms with Gasteiger partial charge in [-0.3, -0.25) is 0 Å². The van der Waals surface area contributed by atoms with E-state index in [1.54, 1.807) is 6.07 Å². The van der Waals surface area contributed by atoms with Crippen molar-refractivity contribution in [3.8, 4) is 0 Å². The van der Waals surface area contributed by atoms with Crippen molar-refractivity contribution < 1.29 is 14.6 Å². The maximum Gasteiger partial charge on any atom is 0.328 e. The van der Waals surface area contributed by atoms with Gasteiger partial charge in [0.05, 0.1) is 23.4 Å². The Hall–Kier alpha value is -1.52. The molecule has 1 atom stereocenters. The number of anilines is 1. The van der Waals surface area contributed by atoms with Crippen molar-refractivity contribution in [1.29, 1.82) is 0 Å². The molecule has 0 spiro atoms. The Morgan fingerprint density at radius 1 is 1.58 bits per heavy atom. The average Bonchev–Trinajstić information content (AvgIpc) is 2.36. The van der Waals surface area contributed by atoms with E-state index in [2.05, 4.69) is 4.90 Å². The van der Waals surface area contributed by atoms with Gasteiger partial charge >= 0.3 is 5.97 Å². The van der Waals surface area contributed by atoms with Crippen LogP contribution in [0.4, 0.5) is 5.69 Å². The monoisotopic (exact) mass is 281 g/mol. The molecule has 1 aliphatic rings. The zero-order chi connectivity index (χ0) is 13.8. The molecule has 0 aliphatic carbocycles. The molecule has 2 rings (SSSR count). The largest absolute Gasteiger partial charge is 0.478 e. The SMILES string of the molecule is CC1CN(c2ccc(/C=C/C(=O)O)cc2Cl)CCO1. The van der Waals surface area contributed by atoms with Crippen LogP contribution in [-0.2, 0) is 9.53 Å². The molecule has 1 aliphatic heterocycles. The number of halogens is 1. The van der Waals surface area contributed by atoms with Gasteiger partial charge < -0.3 is 14.7 Å². The number of hydrogen-bond donors (Lipinski definition) is 1. The predicted molar refractivity (Wildman–Crippen MR) is 75.7 cm³/mol. The van der Waals surface area contributed by atoms with Crippen molar-refractivity contribution in [2.75, 3.05) is 24.6 Å². The number of carboxylic acids is 1. The number of nitrogens with zero attached hydrogens (tertiary/aromatic N) is 1. The number of hydrogen-bond acceptors (Lipinski definition) is 3. The fraction of sp³-hybridized carbons (Fsp3) is 0.357. The second kappa shape index (κ2) is 6.08. The van der Waals surface area contributed by atoms with Crippen molar-refractivity contribution in [3.63, 3.8) is 0 Å². The maximum absolute atomic E-state index is 10.5. The maximum atomic E-state index is 10.5. The van der Waals surface area contributed by atoms with Crippen LogP contribution < -0.4 is 4.90 Å². The lowest BCUT2D eigenvalue weighted by Gasteiger charge is -2.33. The third kappa shape index (κ3) is 3.72. The lowest BCUT2D eigenvalue weighted by Crippen LogP contribution is -2.41. The van der Waals surface area contributed by atoms with E-state index in [-0.39, 0.29) is 6.10 Å². The molecule has 5 heteroatoms. The Morgan fingerprint density at radius 3 is 3.00 bits per heavy atom. The van der Waals surface area contributed by atoms with Gasteiger partial charge in [0.2, 0.25) is 0 Å². The fourth-order valence-corrected chi connectivity index (χ4v) is 2.40. The first kappa shape index (κ1) is 13.9. The Kier molecular flexibility index (Phi) is 4.45. The summed E-state index contributed by atoms with van der Waals surface area (Å²) in [4.78, 5) is 12.6. The third-order valence-electron chi connectivity index (χ3n) is 2.97. The molecular formula is C14H16ClNO3. The number of aliphatic carboxylic acids is 1. The molecule has 0 bridgehead atoms. The smallest absolute Gasteiger partial charge is 0.328 e. The van der Waals surface area contributed by atoms with Gasteiger partial charge in [0.1, 0.15) is 0 Å². The first-order valence-electron chi connectivity index (χ1n) is 6.13. The predicted octanol–water partition coefficient (Wildman–Crippen LogP) is 2.66. The van der Waals surface area contributed by atoms with Crippen molar-refractivity contribution in [1.82, 2.24) is 0 Å². The van der Waals surface area contributed by atoms with Gasteiger partial charge in [0.15, 0.2) is 0 Å². The number of ether oxygens (including phenoxy) is 1. The molecule has 1 saturated heterocycles. The van der Waals surface area contributed by atoms with Crippen LogP contribution in [0.2, 0.25) is 5.02 Å². The van der Waals surface area contributed by atoms with E-state index in [1.165, 1.54) is 6.08 Å². The van der Waals surface area contributed by atoms with Crippen LogP contribution in [0, 0.1) is 0 Å². The normalized spacial score (nSPS) is 19.9. The lowest BCUT2D eigenvalue weighted by molar-refractivity contribution is -0.131. The highest BCUT2D eigenvalue weighted by Gasteiger charge is 2.18. The summed E-state index contributed by atoms with van der Waals surface area (Å²) in [5, 5.41) is 9.22. The van der Waals surface area contributed by atoms with E-state index in [1.807, 2.05) is 19.1 Å². The second-order valence-electron chi connectivity index (χ2n) is 4.51. The molecule has 1 aromatic rings. The summed E-state index contributed by atoms with van der Waals surface area (Å²) in [7, 11) is 0. The number of carbonyl (C=O) groups is 1. The fourth-order valence-electron chi connectivity index (χ4n) is 2.09. The van der Waals surface area contributed by atoms with Crippen LogP contribution in [0.25, 0.3) is 6.08 Å². The van der Waals surface area contributed by atoms with E-state index < -0.39 is 5.97 Å². The summed E-state index contributed by atoms with van der Waals surface area (Å²) in [5.74, 6) is -0.970. The van der Waals surface area contributed by atoms with Gasteiger partial charge in [0.25, 0.3) is 0 Å². The van der Waals surface area contributed by atoms with Gasteiger partial charge in [-0.05, 0) is 30.7 Å². The van der Waals surface area contributed by atoms with E-state index >= 15 is 0 Å². The molecule has 0 saturated carbocycles. The molecule has 19 heavy (non-hydrogen) atoms. The van der Waals surface area contributed by atoms with Crippen LogP contribution in [0.1, 0.15) is 12.5 Å². The first-order valence-corrected chi connectivity index (χ1v) is 6.51. The topological polar surface area (TPSA) is 49.8 Å². The molecule has 0 aromatic heterocycles. The average molecular weight is 282 g/mol. The molecular weight excluding hydrogens is 266 g/mol. The Balaban J connectivity index is 2.17. The minimum Gasteiger partial charge on any atom is -0.478 e. The van der Waals surface area contributed by atoms with Crippen molar-refractivity contribution in [2.45, 2.75) is 13.0 Å². The molecule has 1 aromatic carbocycles. The van der Waals surface area contributed by atoms with Crippen LogP contribution in [-0.4, -0.2) is 36.9 Å². The van der Waals surface area contributed by atoms with E-state index in [0.29, 0.717) is 11.6 Å². The van der Waals surface area contributed by atoms with Gasteiger partial charge in [-0.15, -0.1) is 0 Å². The van der Waals surface area contributed by atoms with E-state index in [4.69, 9.17) is 21.4 Å². The molecule has 0 amide bonds. The number of morpholine rings is 1. The van der Waals surface area contributed by atoms with Crippen LogP contribution in [0.15, 0.2) is 24.3 Å². The molecule has 102 valence electrons. The highest BCUT2D eigenvalue weighted by atomic mass is 35.5. The summed E-state index contributed by atoms with van der Waals surface area (Å²) < 4.78 is 5.50. The highest BCUT2D eigenvalue weighted by Crippen LogP contribution is 2.28. The Morgan fingerprint density at radius 2 is 2.37 bits per heavy atom. The Labute approximate surface area is 117 Å². The second-order valence-corrected chi connectivity index (χ2v) is 4.92. The van der Waals surface area contributed by atoms with Gasteiger partial charge in [0, 0.05) is 19.2 Å². The minimum atomic E-state index is -0.970. The zero-order valence-electron chi connectivity index (χ0n) is 10.7. The molecule has 4 nitrogen and oxygen atoms in total. The minimum absolute atomic E-state index is 0.191.